The van der Waals surface area contributed by atoms with Gasteiger partial charge >= 0.3 is 0 Å². The van der Waals surface area contributed by atoms with E-state index in [0.29, 0.717) is 6.54 Å². The first-order valence-electron chi connectivity index (χ1n) is 6.32. The number of nitrogens with one attached hydrogen (secondary N) is 1. The van der Waals surface area contributed by atoms with E-state index in [2.05, 4.69) is 5.32 Å². The summed E-state index contributed by atoms with van der Waals surface area (Å²) in [6, 6.07) is 1.89. The minimum atomic E-state index is -1.03. The summed E-state index contributed by atoms with van der Waals surface area (Å²) < 4.78 is 27.5. The van der Waals surface area contributed by atoms with Gasteiger partial charge in [-0.2, -0.15) is 0 Å². The molecule has 2 atom stereocenters. The van der Waals surface area contributed by atoms with Gasteiger partial charge in [0.15, 0.2) is 0 Å². The van der Waals surface area contributed by atoms with E-state index in [-0.39, 0.29) is 24.3 Å². The summed E-state index contributed by atoms with van der Waals surface area (Å²) in [6.45, 7) is 1.94. The van der Waals surface area contributed by atoms with Crippen LogP contribution < -0.4 is 5.32 Å². The van der Waals surface area contributed by atoms with E-state index in [9.17, 15) is 23.8 Å². The molecular weight excluding hydrogens is 270 g/mol. The topological polar surface area (TPSA) is 72.8 Å². The highest BCUT2D eigenvalue weighted by Crippen LogP contribution is 2.22. The normalized spacial score (nSPS) is 22.1. The number of halogens is 2. The summed E-state index contributed by atoms with van der Waals surface area (Å²) in [7, 11) is 0. The van der Waals surface area contributed by atoms with Crippen molar-refractivity contribution in [3.63, 3.8) is 0 Å². The van der Waals surface area contributed by atoms with Crippen LogP contribution in [0.2, 0.25) is 0 Å². The number of anilines is 1. The van der Waals surface area contributed by atoms with Crippen LogP contribution in [0.3, 0.4) is 0 Å². The van der Waals surface area contributed by atoms with E-state index in [0.717, 1.165) is 17.0 Å². The SMILES string of the molecule is CCNc1c(F)cc(C(=O)N2CC(O)C(O)C2)cc1F. The van der Waals surface area contributed by atoms with Gasteiger partial charge in [0.05, 0.1) is 12.2 Å². The lowest BCUT2D eigenvalue weighted by molar-refractivity contribution is 0.0572. The van der Waals surface area contributed by atoms with Crippen molar-refractivity contribution >= 4 is 11.6 Å². The first kappa shape index (κ1) is 14.7. The van der Waals surface area contributed by atoms with Gasteiger partial charge in [-0.15, -0.1) is 0 Å². The lowest BCUT2D eigenvalue weighted by Crippen LogP contribution is -2.30. The highest BCUT2D eigenvalue weighted by atomic mass is 19.1. The predicted molar refractivity (Wildman–Crippen MR) is 68.4 cm³/mol. The monoisotopic (exact) mass is 286 g/mol. The number of likely N-dealkylation sites (tertiary alicyclic amines) is 1. The molecule has 0 aromatic heterocycles. The minimum Gasteiger partial charge on any atom is -0.388 e. The van der Waals surface area contributed by atoms with Crippen LogP contribution >= 0.6 is 0 Å². The third-order valence-corrected chi connectivity index (χ3v) is 3.19. The zero-order valence-corrected chi connectivity index (χ0v) is 10.9. The van der Waals surface area contributed by atoms with Crippen molar-refractivity contribution in [3.05, 3.63) is 29.3 Å². The van der Waals surface area contributed by atoms with Crippen LogP contribution in [0.5, 0.6) is 0 Å². The van der Waals surface area contributed by atoms with Crippen LogP contribution in [-0.2, 0) is 0 Å². The zero-order valence-electron chi connectivity index (χ0n) is 10.9. The molecule has 1 aromatic rings. The number of nitrogens with zero attached hydrogens (tertiary/aromatic N) is 1. The number of carbonyl (C=O) groups is 1. The molecule has 5 nitrogen and oxygen atoms in total. The third-order valence-electron chi connectivity index (χ3n) is 3.19. The lowest BCUT2D eigenvalue weighted by atomic mass is 10.1. The Kier molecular flexibility index (Phi) is 4.20. The van der Waals surface area contributed by atoms with Crippen LogP contribution in [-0.4, -0.2) is 52.9 Å². The van der Waals surface area contributed by atoms with E-state index in [1.807, 2.05) is 0 Å². The number of β-amino-alcohol motifs (C(OH)–C–C–N with tert-alkyl or cyclic N) is 2. The number of aliphatic hydroxyl groups excluding tert-OH is 2. The van der Waals surface area contributed by atoms with Crippen molar-refractivity contribution in [1.29, 1.82) is 0 Å². The highest BCUT2D eigenvalue weighted by Gasteiger charge is 2.33. The standard InChI is InChI=1S/C13H16F2N2O3/c1-2-16-12-8(14)3-7(4-9(12)15)13(20)17-5-10(18)11(19)6-17/h3-4,10-11,16,18-19H,2,5-6H2,1H3. The van der Waals surface area contributed by atoms with Crippen LogP contribution in [0, 0.1) is 11.6 Å². The Bertz CT molecular complexity index is 491. The van der Waals surface area contributed by atoms with Gasteiger partial charge in [0.2, 0.25) is 0 Å². The van der Waals surface area contributed by atoms with Crippen molar-refractivity contribution in [2.45, 2.75) is 19.1 Å². The largest absolute Gasteiger partial charge is 0.388 e. The van der Waals surface area contributed by atoms with Gasteiger partial charge in [-0.1, -0.05) is 0 Å². The summed E-state index contributed by atoms with van der Waals surface area (Å²) in [5.74, 6) is -2.33. The Balaban J connectivity index is 2.23. The summed E-state index contributed by atoms with van der Waals surface area (Å²) in [6.07, 6.45) is -2.07. The second-order valence-corrected chi connectivity index (χ2v) is 4.69. The average molecular weight is 286 g/mol. The fourth-order valence-electron chi connectivity index (χ4n) is 2.16. The summed E-state index contributed by atoms with van der Waals surface area (Å²) >= 11 is 0. The molecule has 0 bridgehead atoms. The van der Waals surface area contributed by atoms with Crippen LogP contribution in [0.25, 0.3) is 0 Å². The molecular formula is C13H16F2N2O3. The Morgan fingerprint density at radius 2 is 1.80 bits per heavy atom. The third kappa shape index (κ3) is 2.73. The number of aliphatic hydroxyl groups is 2. The molecule has 110 valence electrons. The molecule has 1 aromatic carbocycles. The lowest BCUT2D eigenvalue weighted by Gasteiger charge is -2.16. The van der Waals surface area contributed by atoms with Crippen molar-refractivity contribution in [2.75, 3.05) is 25.0 Å². The molecule has 2 unspecified atom stereocenters. The van der Waals surface area contributed by atoms with Crippen molar-refractivity contribution in [2.24, 2.45) is 0 Å². The van der Waals surface area contributed by atoms with Crippen LogP contribution in [0.1, 0.15) is 17.3 Å². The predicted octanol–water partition coefficient (Wildman–Crippen LogP) is 0.574. The minimum absolute atomic E-state index is 0.0573. The first-order valence-corrected chi connectivity index (χ1v) is 6.32. The maximum absolute atomic E-state index is 13.7. The van der Waals surface area contributed by atoms with E-state index >= 15 is 0 Å². The Labute approximate surface area is 114 Å². The average Bonchev–Trinajstić information content (AvgIpc) is 2.73. The second kappa shape index (κ2) is 5.72. The van der Waals surface area contributed by atoms with Gasteiger partial charge in [-0.3, -0.25) is 4.79 Å². The van der Waals surface area contributed by atoms with Crippen molar-refractivity contribution in [1.82, 2.24) is 4.90 Å². The van der Waals surface area contributed by atoms with Crippen molar-refractivity contribution in [3.8, 4) is 0 Å². The second-order valence-electron chi connectivity index (χ2n) is 4.69. The number of benzene rings is 1. The molecule has 2 rings (SSSR count). The smallest absolute Gasteiger partial charge is 0.254 e. The van der Waals surface area contributed by atoms with Gasteiger partial charge in [0.1, 0.15) is 17.3 Å². The number of amides is 1. The molecule has 0 radical (unpaired) electrons. The van der Waals surface area contributed by atoms with Crippen LogP contribution in [0.4, 0.5) is 14.5 Å². The van der Waals surface area contributed by atoms with E-state index in [1.165, 1.54) is 0 Å². The molecule has 0 aliphatic carbocycles. The van der Waals surface area contributed by atoms with Gasteiger partial charge in [0, 0.05) is 25.2 Å². The maximum atomic E-state index is 13.7. The Morgan fingerprint density at radius 3 is 2.25 bits per heavy atom. The van der Waals surface area contributed by atoms with Gasteiger partial charge in [-0.25, -0.2) is 8.78 Å². The van der Waals surface area contributed by atoms with Crippen LogP contribution in [0.15, 0.2) is 12.1 Å². The molecule has 0 saturated carbocycles. The Morgan fingerprint density at radius 1 is 1.30 bits per heavy atom. The fraction of sp³-hybridized carbons (Fsp3) is 0.462. The summed E-state index contributed by atoms with van der Waals surface area (Å²) in [4.78, 5) is 13.2. The molecule has 0 spiro atoms. The molecule has 1 amide bonds. The molecule has 1 fully saturated rings. The first-order chi connectivity index (χ1) is 9.43. The van der Waals surface area contributed by atoms with Gasteiger partial charge in [0.25, 0.3) is 5.91 Å². The van der Waals surface area contributed by atoms with E-state index < -0.39 is 29.7 Å². The molecule has 1 heterocycles. The molecule has 1 aliphatic rings. The molecule has 20 heavy (non-hydrogen) atoms. The van der Waals surface area contributed by atoms with E-state index in [4.69, 9.17) is 0 Å². The van der Waals surface area contributed by atoms with E-state index in [1.54, 1.807) is 6.92 Å². The number of carbonyl (C=O) groups excluding carboxylic acids is 1. The van der Waals surface area contributed by atoms with Gasteiger partial charge in [-0.05, 0) is 19.1 Å². The fourth-order valence-corrected chi connectivity index (χ4v) is 2.16. The Hall–Kier alpha value is -1.73. The zero-order chi connectivity index (χ0) is 14.9. The number of rotatable bonds is 3. The molecule has 1 aliphatic heterocycles. The molecule has 7 heteroatoms. The van der Waals surface area contributed by atoms with Gasteiger partial charge < -0.3 is 20.4 Å². The summed E-state index contributed by atoms with van der Waals surface area (Å²) in [5.41, 5.74) is -0.423. The quantitative estimate of drug-likeness (QED) is 0.760. The molecule has 1 saturated heterocycles. The highest BCUT2D eigenvalue weighted by molar-refractivity contribution is 5.95. The van der Waals surface area contributed by atoms with Crippen molar-refractivity contribution < 1.29 is 23.8 Å². The number of hydrogen-bond acceptors (Lipinski definition) is 4. The molecule has 3 N–H and O–H groups in total. The maximum Gasteiger partial charge on any atom is 0.254 e. The number of hydrogen-bond donors (Lipinski definition) is 3. The summed E-state index contributed by atoms with van der Waals surface area (Å²) in [5, 5.41) is 21.3.